The molecule has 1 aliphatic carbocycles. The van der Waals surface area contributed by atoms with Gasteiger partial charge < -0.3 is 15.4 Å². The zero-order valence-electron chi connectivity index (χ0n) is 12.3. The highest BCUT2D eigenvalue weighted by Gasteiger charge is 2.17. The molecule has 0 aliphatic heterocycles. The van der Waals surface area contributed by atoms with Crippen LogP contribution in [0, 0.1) is 0 Å². The third-order valence-electron chi connectivity index (χ3n) is 3.90. The SMILES string of the molecule is COc1ccc(C(C)NC(=O)NC2CCCCC2)cc1. The quantitative estimate of drug-likeness (QED) is 0.885. The highest BCUT2D eigenvalue weighted by molar-refractivity contribution is 5.74. The number of carbonyl (C=O) groups is 1. The van der Waals surface area contributed by atoms with Crippen LogP contribution < -0.4 is 15.4 Å². The first-order valence-electron chi connectivity index (χ1n) is 7.40. The van der Waals surface area contributed by atoms with Crippen LogP contribution in [-0.4, -0.2) is 19.2 Å². The lowest BCUT2D eigenvalue weighted by Crippen LogP contribution is -2.43. The molecule has 110 valence electrons. The van der Waals surface area contributed by atoms with Crippen molar-refractivity contribution in [2.24, 2.45) is 0 Å². The summed E-state index contributed by atoms with van der Waals surface area (Å²) in [6.45, 7) is 1.99. The molecule has 1 saturated carbocycles. The Bertz CT molecular complexity index is 425. The number of amides is 2. The van der Waals surface area contributed by atoms with Crippen molar-refractivity contribution >= 4 is 6.03 Å². The summed E-state index contributed by atoms with van der Waals surface area (Å²) in [5.41, 5.74) is 1.07. The van der Waals surface area contributed by atoms with Gasteiger partial charge in [0.15, 0.2) is 0 Å². The number of ether oxygens (including phenoxy) is 1. The molecular formula is C16H24N2O2. The molecule has 4 nitrogen and oxygen atoms in total. The van der Waals surface area contributed by atoms with Gasteiger partial charge in [0.2, 0.25) is 0 Å². The van der Waals surface area contributed by atoms with Crippen LogP contribution in [0.5, 0.6) is 5.75 Å². The van der Waals surface area contributed by atoms with E-state index in [9.17, 15) is 4.79 Å². The van der Waals surface area contributed by atoms with Crippen molar-refractivity contribution in [3.05, 3.63) is 29.8 Å². The van der Waals surface area contributed by atoms with Crippen LogP contribution in [0.4, 0.5) is 4.79 Å². The molecule has 0 saturated heterocycles. The Labute approximate surface area is 120 Å². The van der Waals surface area contributed by atoms with E-state index in [1.54, 1.807) is 7.11 Å². The van der Waals surface area contributed by atoms with E-state index in [0.717, 1.165) is 24.2 Å². The molecule has 0 radical (unpaired) electrons. The number of carbonyl (C=O) groups excluding carboxylic acids is 1. The minimum absolute atomic E-state index is 0.00973. The van der Waals surface area contributed by atoms with Gasteiger partial charge in [-0.3, -0.25) is 0 Å². The van der Waals surface area contributed by atoms with Crippen LogP contribution >= 0.6 is 0 Å². The maximum Gasteiger partial charge on any atom is 0.315 e. The number of nitrogens with one attached hydrogen (secondary N) is 2. The Hall–Kier alpha value is -1.71. The van der Waals surface area contributed by atoms with Gasteiger partial charge in [-0.05, 0) is 37.5 Å². The van der Waals surface area contributed by atoms with Crippen molar-refractivity contribution in [1.82, 2.24) is 10.6 Å². The van der Waals surface area contributed by atoms with Crippen molar-refractivity contribution in [3.63, 3.8) is 0 Å². The smallest absolute Gasteiger partial charge is 0.315 e. The second kappa shape index (κ2) is 7.17. The molecule has 1 aromatic carbocycles. The molecule has 4 heteroatoms. The molecule has 1 fully saturated rings. The minimum atomic E-state index is -0.0692. The number of hydrogen-bond acceptors (Lipinski definition) is 2. The summed E-state index contributed by atoms with van der Waals surface area (Å²) in [6, 6.07) is 8.03. The molecule has 2 amide bonds. The lowest BCUT2D eigenvalue weighted by Gasteiger charge is -2.24. The standard InChI is InChI=1S/C16H24N2O2/c1-12(13-8-10-15(20-2)11-9-13)17-16(19)18-14-6-4-3-5-7-14/h8-12,14H,3-7H2,1-2H3,(H2,17,18,19). The van der Waals surface area contributed by atoms with Crippen molar-refractivity contribution in [1.29, 1.82) is 0 Å². The van der Waals surface area contributed by atoms with E-state index < -0.39 is 0 Å². The fourth-order valence-electron chi connectivity index (χ4n) is 2.65. The van der Waals surface area contributed by atoms with E-state index >= 15 is 0 Å². The second-order valence-corrected chi connectivity index (χ2v) is 5.45. The Balaban J connectivity index is 1.82. The summed E-state index contributed by atoms with van der Waals surface area (Å²) in [5, 5.41) is 6.06. The summed E-state index contributed by atoms with van der Waals surface area (Å²) < 4.78 is 5.13. The lowest BCUT2D eigenvalue weighted by molar-refractivity contribution is 0.229. The summed E-state index contributed by atoms with van der Waals surface area (Å²) >= 11 is 0. The first kappa shape index (κ1) is 14.7. The maximum atomic E-state index is 12.0. The van der Waals surface area contributed by atoms with Crippen molar-refractivity contribution < 1.29 is 9.53 Å². The highest BCUT2D eigenvalue weighted by atomic mass is 16.5. The average Bonchev–Trinajstić information content (AvgIpc) is 2.48. The number of benzene rings is 1. The Morgan fingerprint density at radius 1 is 1.20 bits per heavy atom. The molecule has 0 bridgehead atoms. The van der Waals surface area contributed by atoms with Crippen molar-refractivity contribution in [3.8, 4) is 5.75 Å². The van der Waals surface area contributed by atoms with E-state index in [0.29, 0.717) is 6.04 Å². The number of methoxy groups -OCH3 is 1. The van der Waals surface area contributed by atoms with E-state index in [2.05, 4.69) is 10.6 Å². The van der Waals surface area contributed by atoms with E-state index in [1.807, 2.05) is 31.2 Å². The molecule has 2 rings (SSSR count). The molecule has 1 aromatic rings. The predicted octanol–water partition coefficient (Wildman–Crippen LogP) is 3.39. The lowest BCUT2D eigenvalue weighted by atomic mass is 9.96. The van der Waals surface area contributed by atoms with Gasteiger partial charge in [-0.2, -0.15) is 0 Å². The van der Waals surface area contributed by atoms with Gasteiger partial charge in [0.25, 0.3) is 0 Å². The van der Waals surface area contributed by atoms with Gasteiger partial charge in [0, 0.05) is 6.04 Å². The van der Waals surface area contributed by atoms with Crippen molar-refractivity contribution in [2.75, 3.05) is 7.11 Å². The van der Waals surface area contributed by atoms with Crippen molar-refractivity contribution in [2.45, 2.75) is 51.1 Å². The van der Waals surface area contributed by atoms with E-state index in [1.165, 1.54) is 19.3 Å². The zero-order chi connectivity index (χ0) is 14.4. The number of urea groups is 1. The molecule has 0 aromatic heterocycles. The van der Waals surface area contributed by atoms with E-state index in [-0.39, 0.29) is 12.1 Å². The third-order valence-corrected chi connectivity index (χ3v) is 3.90. The second-order valence-electron chi connectivity index (χ2n) is 5.45. The van der Waals surface area contributed by atoms with Crippen LogP contribution in [0.1, 0.15) is 50.6 Å². The first-order valence-corrected chi connectivity index (χ1v) is 7.40. The molecule has 0 spiro atoms. The maximum absolute atomic E-state index is 12.0. The highest BCUT2D eigenvalue weighted by Crippen LogP contribution is 2.19. The van der Waals surface area contributed by atoms with Gasteiger partial charge in [-0.25, -0.2) is 4.79 Å². The van der Waals surface area contributed by atoms with Gasteiger partial charge in [0.1, 0.15) is 5.75 Å². The molecule has 0 heterocycles. The van der Waals surface area contributed by atoms with Crippen LogP contribution in [0.3, 0.4) is 0 Å². The average molecular weight is 276 g/mol. The van der Waals surface area contributed by atoms with Gasteiger partial charge in [-0.15, -0.1) is 0 Å². The molecule has 1 unspecified atom stereocenters. The van der Waals surface area contributed by atoms with Crippen LogP contribution in [0.25, 0.3) is 0 Å². The summed E-state index contributed by atoms with van der Waals surface area (Å²) in [4.78, 5) is 12.0. The molecule has 1 atom stereocenters. The molecular weight excluding hydrogens is 252 g/mol. The molecule has 2 N–H and O–H groups in total. The summed E-state index contributed by atoms with van der Waals surface area (Å²) in [6.07, 6.45) is 5.94. The third kappa shape index (κ3) is 4.15. The summed E-state index contributed by atoms with van der Waals surface area (Å²) in [7, 11) is 1.65. The predicted molar refractivity (Wildman–Crippen MR) is 79.9 cm³/mol. The van der Waals surface area contributed by atoms with Gasteiger partial charge >= 0.3 is 6.03 Å². The molecule has 20 heavy (non-hydrogen) atoms. The Kier molecular flexibility index (Phi) is 5.27. The summed E-state index contributed by atoms with van der Waals surface area (Å²) in [5.74, 6) is 0.826. The first-order chi connectivity index (χ1) is 9.69. The normalized spacial score (nSPS) is 17.3. The number of rotatable bonds is 4. The van der Waals surface area contributed by atoms with Gasteiger partial charge in [0.05, 0.1) is 13.2 Å². The van der Waals surface area contributed by atoms with Crippen LogP contribution in [0.15, 0.2) is 24.3 Å². The fourth-order valence-corrected chi connectivity index (χ4v) is 2.65. The monoisotopic (exact) mass is 276 g/mol. The zero-order valence-corrected chi connectivity index (χ0v) is 12.3. The number of hydrogen-bond donors (Lipinski definition) is 2. The topological polar surface area (TPSA) is 50.4 Å². The Morgan fingerprint density at radius 2 is 1.85 bits per heavy atom. The van der Waals surface area contributed by atoms with E-state index in [4.69, 9.17) is 4.74 Å². The van der Waals surface area contributed by atoms with Crippen LogP contribution in [-0.2, 0) is 0 Å². The van der Waals surface area contributed by atoms with Crippen LogP contribution in [0.2, 0.25) is 0 Å². The largest absolute Gasteiger partial charge is 0.497 e. The minimum Gasteiger partial charge on any atom is -0.497 e. The van der Waals surface area contributed by atoms with Gasteiger partial charge in [-0.1, -0.05) is 31.4 Å². The fraction of sp³-hybridized carbons (Fsp3) is 0.562. The Morgan fingerprint density at radius 3 is 2.45 bits per heavy atom. The molecule has 1 aliphatic rings.